The molecule has 9 heteroatoms. The number of carbonyl (C=O) groups is 3. The number of carbonyl (C=O) groups excluding carboxylic acids is 3. The zero-order valence-electron chi connectivity index (χ0n) is 17.6. The minimum absolute atomic E-state index is 0.148. The molecule has 0 radical (unpaired) electrons. The molecule has 0 spiro atoms. The first-order valence-electron chi connectivity index (χ1n) is 9.46. The highest BCUT2D eigenvalue weighted by atomic mass is 16.6. The molecule has 31 heavy (non-hydrogen) atoms. The summed E-state index contributed by atoms with van der Waals surface area (Å²) in [5, 5.41) is 6.52. The van der Waals surface area contributed by atoms with Crippen molar-refractivity contribution in [3.63, 3.8) is 0 Å². The largest absolute Gasteiger partial charge is 0.497 e. The summed E-state index contributed by atoms with van der Waals surface area (Å²) in [4.78, 5) is 35.3. The quantitative estimate of drug-likeness (QED) is 0.337. The molecule has 1 unspecified atom stereocenters. The molecule has 0 aromatic heterocycles. The van der Waals surface area contributed by atoms with Gasteiger partial charge in [-0.25, -0.2) is 10.2 Å². The second-order valence-corrected chi connectivity index (χ2v) is 6.48. The van der Waals surface area contributed by atoms with Crippen molar-refractivity contribution >= 4 is 24.0 Å². The lowest BCUT2D eigenvalue weighted by Crippen LogP contribution is -2.43. The molecule has 2 aromatic rings. The van der Waals surface area contributed by atoms with Gasteiger partial charge in [-0.3, -0.25) is 9.59 Å². The van der Waals surface area contributed by atoms with E-state index in [9.17, 15) is 14.4 Å². The van der Waals surface area contributed by atoms with E-state index in [1.165, 1.54) is 13.3 Å². The fourth-order valence-electron chi connectivity index (χ4n) is 2.41. The van der Waals surface area contributed by atoms with Crippen LogP contribution in [0.1, 0.15) is 18.1 Å². The van der Waals surface area contributed by atoms with Gasteiger partial charge in [-0.2, -0.15) is 5.10 Å². The van der Waals surface area contributed by atoms with Crippen LogP contribution >= 0.6 is 0 Å². The summed E-state index contributed by atoms with van der Waals surface area (Å²) in [5.74, 6) is 0.00756. The van der Waals surface area contributed by atoms with E-state index < -0.39 is 17.9 Å². The topological polar surface area (TPSA) is 115 Å². The van der Waals surface area contributed by atoms with Crippen LogP contribution in [0.4, 0.5) is 0 Å². The third kappa shape index (κ3) is 8.17. The number of nitrogens with one attached hydrogen (secondary N) is 2. The Balaban J connectivity index is 1.76. The Morgan fingerprint density at radius 1 is 1.00 bits per heavy atom. The number of amides is 2. The Morgan fingerprint density at radius 3 is 2.26 bits per heavy atom. The molecule has 0 aliphatic carbocycles. The molecule has 0 aliphatic heterocycles. The molecule has 0 saturated heterocycles. The zero-order valence-corrected chi connectivity index (χ0v) is 17.6. The molecular weight excluding hydrogens is 402 g/mol. The summed E-state index contributed by atoms with van der Waals surface area (Å²) in [7, 11) is 2.86. The molecule has 2 aromatic carbocycles. The highest BCUT2D eigenvalue weighted by molar-refractivity contribution is 5.89. The number of hydrogen-bond donors (Lipinski definition) is 2. The maximum absolute atomic E-state index is 12.1. The van der Waals surface area contributed by atoms with Crippen molar-refractivity contribution in [2.45, 2.75) is 19.4 Å². The number of rotatable bonds is 10. The SMILES string of the molecule is COC(=O)COc1ccc(C=NNC(=O)C(C)NC(=O)Cc2ccc(OC)cc2)cc1. The first-order chi connectivity index (χ1) is 14.9. The molecular formula is C22H25N3O6. The Bertz CT molecular complexity index is 910. The number of methoxy groups -OCH3 is 2. The first-order valence-corrected chi connectivity index (χ1v) is 9.46. The third-order valence-corrected chi connectivity index (χ3v) is 4.15. The van der Waals surface area contributed by atoms with Crippen LogP contribution in [0.15, 0.2) is 53.6 Å². The summed E-state index contributed by atoms with van der Waals surface area (Å²) >= 11 is 0. The normalized spacial score (nSPS) is 11.5. The summed E-state index contributed by atoms with van der Waals surface area (Å²) < 4.78 is 14.8. The number of benzene rings is 2. The van der Waals surface area contributed by atoms with Crippen LogP contribution in [-0.4, -0.2) is 50.9 Å². The smallest absolute Gasteiger partial charge is 0.343 e. The average molecular weight is 427 g/mol. The van der Waals surface area contributed by atoms with Crippen LogP contribution in [0.25, 0.3) is 0 Å². The molecule has 0 fully saturated rings. The second-order valence-electron chi connectivity index (χ2n) is 6.48. The van der Waals surface area contributed by atoms with Crippen molar-refractivity contribution in [2.24, 2.45) is 5.10 Å². The highest BCUT2D eigenvalue weighted by Crippen LogP contribution is 2.12. The molecule has 164 valence electrons. The van der Waals surface area contributed by atoms with Crippen molar-refractivity contribution in [3.05, 3.63) is 59.7 Å². The molecule has 0 heterocycles. The number of hydrogen-bond acceptors (Lipinski definition) is 7. The fourth-order valence-corrected chi connectivity index (χ4v) is 2.41. The molecule has 2 rings (SSSR count). The molecule has 0 saturated carbocycles. The van der Waals surface area contributed by atoms with E-state index in [2.05, 4.69) is 20.6 Å². The van der Waals surface area contributed by atoms with Gasteiger partial charge >= 0.3 is 5.97 Å². The second kappa shape index (κ2) is 12.0. The van der Waals surface area contributed by atoms with E-state index in [0.717, 1.165) is 5.56 Å². The van der Waals surface area contributed by atoms with Gasteiger partial charge in [0.15, 0.2) is 6.61 Å². The zero-order chi connectivity index (χ0) is 22.6. The fraction of sp³-hybridized carbons (Fsp3) is 0.273. The van der Waals surface area contributed by atoms with Gasteiger partial charge in [-0.05, 0) is 54.4 Å². The van der Waals surface area contributed by atoms with Crippen molar-refractivity contribution in [1.29, 1.82) is 0 Å². The van der Waals surface area contributed by atoms with Crippen molar-refractivity contribution in [1.82, 2.24) is 10.7 Å². The van der Waals surface area contributed by atoms with Crippen molar-refractivity contribution in [3.8, 4) is 11.5 Å². The predicted octanol–water partition coefficient (Wildman–Crippen LogP) is 1.44. The number of esters is 1. The standard InChI is InChI=1S/C22H25N3O6/c1-15(24-20(26)12-16-4-8-18(29-2)9-5-16)22(28)25-23-13-17-6-10-19(11-7-17)31-14-21(27)30-3/h4-11,13,15H,12,14H2,1-3H3,(H,24,26)(H,25,28). The Kier molecular flexibility index (Phi) is 9.03. The van der Waals surface area contributed by atoms with Gasteiger partial charge in [0, 0.05) is 0 Å². The van der Waals surface area contributed by atoms with Gasteiger partial charge in [0.05, 0.1) is 26.9 Å². The monoisotopic (exact) mass is 427 g/mol. The lowest BCUT2D eigenvalue weighted by Gasteiger charge is -2.12. The Morgan fingerprint density at radius 2 is 1.65 bits per heavy atom. The van der Waals surface area contributed by atoms with Gasteiger partial charge < -0.3 is 19.5 Å². The minimum Gasteiger partial charge on any atom is -0.497 e. The third-order valence-electron chi connectivity index (χ3n) is 4.15. The van der Waals surface area contributed by atoms with Crippen LogP contribution in [0.3, 0.4) is 0 Å². The van der Waals surface area contributed by atoms with Gasteiger partial charge in [0.25, 0.3) is 5.91 Å². The van der Waals surface area contributed by atoms with Crippen molar-refractivity contribution in [2.75, 3.05) is 20.8 Å². The number of ether oxygens (including phenoxy) is 3. The van der Waals surface area contributed by atoms with Gasteiger partial charge in [0.1, 0.15) is 17.5 Å². The van der Waals surface area contributed by atoms with Crippen LogP contribution in [-0.2, 0) is 25.5 Å². The van der Waals surface area contributed by atoms with Gasteiger partial charge in [0.2, 0.25) is 5.91 Å². The van der Waals surface area contributed by atoms with E-state index in [0.29, 0.717) is 17.1 Å². The lowest BCUT2D eigenvalue weighted by atomic mass is 10.1. The first kappa shape index (κ1) is 23.4. The summed E-state index contributed by atoms with van der Waals surface area (Å²) in [6.45, 7) is 1.40. The van der Waals surface area contributed by atoms with E-state index in [1.54, 1.807) is 62.6 Å². The molecule has 9 nitrogen and oxygen atoms in total. The van der Waals surface area contributed by atoms with Crippen LogP contribution < -0.4 is 20.2 Å². The maximum atomic E-state index is 12.1. The minimum atomic E-state index is -0.753. The number of hydrazone groups is 1. The van der Waals surface area contributed by atoms with E-state index in [1.807, 2.05) is 0 Å². The predicted molar refractivity (Wildman–Crippen MR) is 114 cm³/mol. The lowest BCUT2D eigenvalue weighted by molar-refractivity contribution is -0.142. The summed E-state index contributed by atoms with van der Waals surface area (Å²) in [5.41, 5.74) is 3.90. The molecule has 0 bridgehead atoms. The number of nitrogens with zero attached hydrogens (tertiary/aromatic N) is 1. The molecule has 2 amide bonds. The molecule has 2 N–H and O–H groups in total. The van der Waals surface area contributed by atoms with Gasteiger partial charge in [-0.1, -0.05) is 12.1 Å². The van der Waals surface area contributed by atoms with E-state index in [-0.39, 0.29) is 18.9 Å². The van der Waals surface area contributed by atoms with Gasteiger partial charge in [-0.15, -0.1) is 0 Å². The molecule has 1 atom stereocenters. The Labute approximate surface area is 180 Å². The average Bonchev–Trinajstić information content (AvgIpc) is 2.78. The summed E-state index contributed by atoms with van der Waals surface area (Å²) in [6.07, 6.45) is 1.60. The van der Waals surface area contributed by atoms with Crippen molar-refractivity contribution < 1.29 is 28.6 Å². The van der Waals surface area contributed by atoms with E-state index in [4.69, 9.17) is 9.47 Å². The van der Waals surface area contributed by atoms with Crippen LogP contribution in [0.5, 0.6) is 11.5 Å². The van der Waals surface area contributed by atoms with E-state index >= 15 is 0 Å². The Hall–Kier alpha value is -3.88. The van der Waals surface area contributed by atoms with Crippen LogP contribution in [0, 0.1) is 0 Å². The summed E-state index contributed by atoms with van der Waals surface area (Å²) in [6, 6.07) is 13.1. The van der Waals surface area contributed by atoms with Crippen LogP contribution in [0.2, 0.25) is 0 Å². The molecule has 0 aliphatic rings. The highest BCUT2D eigenvalue weighted by Gasteiger charge is 2.15. The maximum Gasteiger partial charge on any atom is 0.343 e.